The maximum atomic E-state index is 3.21. The molecule has 2 aromatic rings. The topological polar surface area (TPSA) is 15.3 Å². The van der Waals surface area contributed by atoms with E-state index in [0.717, 1.165) is 13.1 Å². The van der Waals surface area contributed by atoms with Crippen molar-refractivity contribution in [3.8, 4) is 0 Å². The van der Waals surface area contributed by atoms with Gasteiger partial charge in [-0.3, -0.25) is 0 Å². The molecule has 0 amide bonds. The number of aryl methyl sites for hydroxylation is 2. The van der Waals surface area contributed by atoms with Crippen LogP contribution in [0.1, 0.15) is 22.3 Å². The molecule has 0 fully saturated rings. The standard InChI is InChI=1S/C18H24N2/c1-14-7-5-6-8-17(14)13-20(4)18-10-9-16(12-19-3)15(2)11-18/h5-11,19H,12-13H2,1-4H3. The molecular weight excluding hydrogens is 244 g/mol. The highest BCUT2D eigenvalue weighted by atomic mass is 15.1. The molecule has 0 aliphatic carbocycles. The molecule has 0 aromatic heterocycles. The molecule has 0 saturated carbocycles. The predicted octanol–water partition coefficient (Wildman–Crippen LogP) is 3.66. The third kappa shape index (κ3) is 3.40. The van der Waals surface area contributed by atoms with Crippen molar-refractivity contribution >= 4 is 5.69 Å². The van der Waals surface area contributed by atoms with Crippen LogP contribution in [0.3, 0.4) is 0 Å². The Balaban J connectivity index is 2.15. The Kier molecular flexibility index (Phi) is 4.80. The molecule has 0 heterocycles. The van der Waals surface area contributed by atoms with Gasteiger partial charge in [0.05, 0.1) is 0 Å². The van der Waals surface area contributed by atoms with Crippen LogP contribution >= 0.6 is 0 Å². The number of nitrogens with one attached hydrogen (secondary N) is 1. The van der Waals surface area contributed by atoms with Crippen molar-refractivity contribution in [2.45, 2.75) is 26.9 Å². The Morgan fingerprint density at radius 1 is 0.950 bits per heavy atom. The Hall–Kier alpha value is -1.80. The van der Waals surface area contributed by atoms with Crippen LogP contribution in [0.4, 0.5) is 5.69 Å². The molecule has 2 nitrogen and oxygen atoms in total. The summed E-state index contributed by atoms with van der Waals surface area (Å²) in [5.74, 6) is 0. The fourth-order valence-corrected chi connectivity index (χ4v) is 2.44. The van der Waals surface area contributed by atoms with Crippen molar-refractivity contribution < 1.29 is 0 Å². The van der Waals surface area contributed by atoms with E-state index in [1.807, 2.05) is 7.05 Å². The minimum atomic E-state index is 0.924. The van der Waals surface area contributed by atoms with Gasteiger partial charge in [-0.2, -0.15) is 0 Å². The summed E-state index contributed by atoms with van der Waals surface area (Å²) in [7, 11) is 4.14. The zero-order valence-electron chi connectivity index (χ0n) is 12.9. The quantitative estimate of drug-likeness (QED) is 0.890. The Morgan fingerprint density at radius 3 is 2.35 bits per heavy atom. The third-order valence-electron chi connectivity index (χ3n) is 3.80. The Bertz CT molecular complexity index is 575. The van der Waals surface area contributed by atoms with Crippen molar-refractivity contribution in [3.05, 3.63) is 64.7 Å². The molecule has 0 radical (unpaired) electrons. The van der Waals surface area contributed by atoms with E-state index in [2.05, 4.69) is 73.6 Å². The summed E-state index contributed by atoms with van der Waals surface area (Å²) in [5.41, 5.74) is 6.70. The predicted molar refractivity (Wildman–Crippen MR) is 87.2 cm³/mol. The first-order valence-corrected chi connectivity index (χ1v) is 7.11. The summed E-state index contributed by atoms with van der Waals surface area (Å²) < 4.78 is 0. The highest BCUT2D eigenvalue weighted by molar-refractivity contribution is 5.51. The fraction of sp³-hybridized carbons (Fsp3) is 0.333. The second kappa shape index (κ2) is 6.58. The van der Waals surface area contributed by atoms with Gasteiger partial charge in [0.15, 0.2) is 0 Å². The third-order valence-corrected chi connectivity index (χ3v) is 3.80. The average Bonchev–Trinajstić information content (AvgIpc) is 2.43. The molecular formula is C18H24N2. The first-order valence-electron chi connectivity index (χ1n) is 7.11. The molecule has 2 rings (SSSR count). The van der Waals surface area contributed by atoms with E-state index >= 15 is 0 Å². The lowest BCUT2D eigenvalue weighted by atomic mass is 10.1. The smallest absolute Gasteiger partial charge is 0.0428 e. The highest BCUT2D eigenvalue weighted by Gasteiger charge is 2.06. The van der Waals surface area contributed by atoms with Gasteiger partial charge in [-0.25, -0.2) is 0 Å². The summed E-state index contributed by atoms with van der Waals surface area (Å²) >= 11 is 0. The fourth-order valence-electron chi connectivity index (χ4n) is 2.44. The van der Waals surface area contributed by atoms with Gasteiger partial charge in [0, 0.05) is 25.8 Å². The molecule has 106 valence electrons. The number of hydrogen-bond acceptors (Lipinski definition) is 2. The zero-order valence-corrected chi connectivity index (χ0v) is 12.9. The molecule has 0 spiro atoms. The van der Waals surface area contributed by atoms with E-state index in [-0.39, 0.29) is 0 Å². The van der Waals surface area contributed by atoms with E-state index in [1.165, 1.54) is 27.9 Å². The van der Waals surface area contributed by atoms with Crippen molar-refractivity contribution in [1.29, 1.82) is 0 Å². The van der Waals surface area contributed by atoms with Crippen LogP contribution in [0, 0.1) is 13.8 Å². The second-order valence-corrected chi connectivity index (χ2v) is 5.42. The van der Waals surface area contributed by atoms with Gasteiger partial charge in [0.25, 0.3) is 0 Å². The maximum Gasteiger partial charge on any atom is 0.0428 e. The minimum absolute atomic E-state index is 0.924. The summed E-state index contributed by atoms with van der Waals surface area (Å²) in [4.78, 5) is 2.30. The van der Waals surface area contributed by atoms with Gasteiger partial charge in [0.1, 0.15) is 0 Å². The number of benzene rings is 2. The van der Waals surface area contributed by atoms with Crippen molar-refractivity contribution in [3.63, 3.8) is 0 Å². The van der Waals surface area contributed by atoms with Gasteiger partial charge in [-0.1, -0.05) is 30.3 Å². The van der Waals surface area contributed by atoms with Gasteiger partial charge in [-0.15, -0.1) is 0 Å². The SMILES string of the molecule is CNCc1ccc(N(C)Cc2ccccc2C)cc1C. The van der Waals surface area contributed by atoms with Crippen LogP contribution in [0.2, 0.25) is 0 Å². The lowest BCUT2D eigenvalue weighted by molar-refractivity contribution is 0.811. The van der Waals surface area contributed by atoms with Crippen molar-refractivity contribution in [2.75, 3.05) is 19.0 Å². The van der Waals surface area contributed by atoms with Crippen LogP contribution < -0.4 is 10.2 Å². The molecule has 0 atom stereocenters. The summed E-state index contributed by atoms with van der Waals surface area (Å²) in [6, 6.07) is 15.3. The van der Waals surface area contributed by atoms with E-state index < -0.39 is 0 Å². The van der Waals surface area contributed by atoms with E-state index in [1.54, 1.807) is 0 Å². The second-order valence-electron chi connectivity index (χ2n) is 5.42. The van der Waals surface area contributed by atoms with Gasteiger partial charge >= 0.3 is 0 Å². The molecule has 2 heteroatoms. The van der Waals surface area contributed by atoms with Crippen molar-refractivity contribution in [1.82, 2.24) is 5.32 Å². The van der Waals surface area contributed by atoms with Crippen LogP contribution in [-0.4, -0.2) is 14.1 Å². The maximum absolute atomic E-state index is 3.21. The largest absolute Gasteiger partial charge is 0.370 e. The molecule has 0 aliphatic heterocycles. The van der Waals surface area contributed by atoms with E-state index in [4.69, 9.17) is 0 Å². The lowest BCUT2D eigenvalue weighted by Gasteiger charge is -2.22. The van der Waals surface area contributed by atoms with Crippen LogP contribution in [0.5, 0.6) is 0 Å². The number of nitrogens with zero attached hydrogens (tertiary/aromatic N) is 1. The van der Waals surface area contributed by atoms with Crippen LogP contribution in [-0.2, 0) is 13.1 Å². The van der Waals surface area contributed by atoms with Crippen LogP contribution in [0.25, 0.3) is 0 Å². The first-order chi connectivity index (χ1) is 9.61. The molecule has 1 N–H and O–H groups in total. The average molecular weight is 268 g/mol. The van der Waals surface area contributed by atoms with Crippen LogP contribution in [0.15, 0.2) is 42.5 Å². The Labute approximate surface area is 122 Å². The molecule has 2 aromatic carbocycles. The van der Waals surface area contributed by atoms with Crippen molar-refractivity contribution in [2.24, 2.45) is 0 Å². The van der Waals surface area contributed by atoms with E-state index in [9.17, 15) is 0 Å². The summed E-state index contributed by atoms with van der Waals surface area (Å²) in [6.07, 6.45) is 0. The van der Waals surface area contributed by atoms with Gasteiger partial charge in [-0.05, 0) is 55.3 Å². The molecule has 20 heavy (non-hydrogen) atoms. The van der Waals surface area contributed by atoms with E-state index in [0.29, 0.717) is 0 Å². The zero-order chi connectivity index (χ0) is 14.5. The lowest BCUT2D eigenvalue weighted by Crippen LogP contribution is -2.17. The number of anilines is 1. The normalized spacial score (nSPS) is 10.6. The van der Waals surface area contributed by atoms with Gasteiger partial charge in [0.2, 0.25) is 0 Å². The number of rotatable bonds is 5. The molecule has 0 unspecified atom stereocenters. The highest BCUT2D eigenvalue weighted by Crippen LogP contribution is 2.21. The summed E-state index contributed by atoms with van der Waals surface area (Å²) in [5, 5.41) is 3.21. The minimum Gasteiger partial charge on any atom is -0.370 e. The Morgan fingerprint density at radius 2 is 1.70 bits per heavy atom. The molecule has 0 bridgehead atoms. The first kappa shape index (κ1) is 14.6. The monoisotopic (exact) mass is 268 g/mol. The number of hydrogen-bond donors (Lipinski definition) is 1. The summed E-state index contributed by atoms with van der Waals surface area (Å²) in [6.45, 7) is 6.22. The molecule has 0 aliphatic rings. The molecule has 0 saturated heterocycles. The van der Waals surface area contributed by atoms with Gasteiger partial charge < -0.3 is 10.2 Å².